The Morgan fingerprint density at radius 2 is 1.79 bits per heavy atom. The summed E-state index contributed by atoms with van der Waals surface area (Å²) in [6.45, 7) is -0.747. The first kappa shape index (κ1) is 18.9. The average Bonchev–Trinajstić information content (AvgIpc) is 2.88. The fourth-order valence-electron chi connectivity index (χ4n) is 2.67. The van der Waals surface area contributed by atoms with Gasteiger partial charge >= 0.3 is 0 Å². The highest BCUT2D eigenvalue weighted by atomic mass is 35.5. The molecule has 0 unspecified atom stereocenters. The molecule has 1 aliphatic heterocycles. The summed E-state index contributed by atoms with van der Waals surface area (Å²) in [5.74, 6) is -2.70. The summed E-state index contributed by atoms with van der Waals surface area (Å²) in [4.78, 5) is 58.0. The fourth-order valence-corrected chi connectivity index (χ4v) is 2.83. The number of anilines is 1. The van der Waals surface area contributed by atoms with Gasteiger partial charge < -0.3 is 5.32 Å². The zero-order valence-electron chi connectivity index (χ0n) is 13.7. The van der Waals surface area contributed by atoms with Gasteiger partial charge in [-0.1, -0.05) is 17.7 Å². The highest BCUT2D eigenvalue weighted by Gasteiger charge is 2.41. The number of fused-ring (bicyclic) bond motifs is 1. The lowest BCUT2D eigenvalue weighted by molar-refractivity contribution is -0.385. The maximum absolute atomic E-state index is 12.4. The summed E-state index contributed by atoms with van der Waals surface area (Å²) in [6.07, 6.45) is 0. The van der Waals surface area contributed by atoms with Crippen LogP contribution in [0.3, 0.4) is 0 Å². The standard InChI is InChI=1S/C16H9ClN4O7/c17-10-5-4-8(20(25)26)6-11(10)18-13(22)7-19-15(23)9-2-1-3-12(21(27)28)14(9)16(19)24/h1-6H,7H2,(H,18,22). The van der Waals surface area contributed by atoms with Crippen LogP contribution in [-0.2, 0) is 4.79 Å². The molecule has 12 heteroatoms. The van der Waals surface area contributed by atoms with Gasteiger partial charge in [0.1, 0.15) is 12.1 Å². The normalized spacial score (nSPS) is 12.7. The van der Waals surface area contributed by atoms with Crippen LogP contribution >= 0.6 is 11.6 Å². The highest BCUT2D eigenvalue weighted by molar-refractivity contribution is 6.34. The number of carbonyl (C=O) groups is 3. The molecule has 0 aromatic heterocycles. The van der Waals surface area contributed by atoms with E-state index in [2.05, 4.69) is 5.32 Å². The number of non-ortho nitro benzene ring substituents is 1. The number of hydrogen-bond acceptors (Lipinski definition) is 7. The van der Waals surface area contributed by atoms with Crippen molar-refractivity contribution >= 4 is 46.4 Å². The van der Waals surface area contributed by atoms with E-state index in [4.69, 9.17) is 11.6 Å². The van der Waals surface area contributed by atoms with Crippen molar-refractivity contribution in [1.29, 1.82) is 0 Å². The Labute approximate surface area is 160 Å². The predicted molar refractivity (Wildman–Crippen MR) is 95.2 cm³/mol. The van der Waals surface area contributed by atoms with E-state index in [0.717, 1.165) is 18.2 Å². The second-order valence-electron chi connectivity index (χ2n) is 5.62. The zero-order valence-corrected chi connectivity index (χ0v) is 14.5. The molecule has 1 N–H and O–H groups in total. The zero-order chi connectivity index (χ0) is 20.6. The number of hydrogen-bond donors (Lipinski definition) is 1. The van der Waals surface area contributed by atoms with Gasteiger partial charge in [-0.25, -0.2) is 0 Å². The lowest BCUT2D eigenvalue weighted by Gasteiger charge is -2.14. The first-order valence-corrected chi connectivity index (χ1v) is 7.96. The molecule has 0 radical (unpaired) electrons. The van der Waals surface area contributed by atoms with Crippen LogP contribution in [0.15, 0.2) is 36.4 Å². The quantitative estimate of drug-likeness (QED) is 0.456. The summed E-state index contributed by atoms with van der Waals surface area (Å²) in [6, 6.07) is 6.96. The van der Waals surface area contributed by atoms with Gasteiger partial charge in [-0.3, -0.25) is 39.5 Å². The van der Waals surface area contributed by atoms with Crippen LogP contribution in [0.4, 0.5) is 17.1 Å². The number of benzene rings is 2. The van der Waals surface area contributed by atoms with E-state index in [1.165, 1.54) is 18.2 Å². The van der Waals surface area contributed by atoms with E-state index < -0.39 is 45.4 Å². The summed E-state index contributed by atoms with van der Waals surface area (Å²) >= 11 is 5.89. The molecule has 0 aliphatic carbocycles. The van der Waals surface area contributed by atoms with E-state index >= 15 is 0 Å². The number of halogens is 1. The van der Waals surface area contributed by atoms with Crippen molar-refractivity contribution in [2.24, 2.45) is 0 Å². The minimum Gasteiger partial charge on any atom is -0.323 e. The molecule has 0 fully saturated rings. The molecule has 0 atom stereocenters. The van der Waals surface area contributed by atoms with E-state index in [0.29, 0.717) is 4.90 Å². The Balaban J connectivity index is 1.82. The van der Waals surface area contributed by atoms with Crippen LogP contribution in [0, 0.1) is 20.2 Å². The molecule has 0 bridgehead atoms. The minimum atomic E-state index is -0.979. The molecule has 3 amide bonds. The maximum atomic E-state index is 12.4. The van der Waals surface area contributed by atoms with Gasteiger partial charge in [0.15, 0.2) is 0 Å². The lowest BCUT2D eigenvalue weighted by atomic mass is 10.1. The molecule has 1 heterocycles. The first-order chi connectivity index (χ1) is 13.2. The molecule has 28 heavy (non-hydrogen) atoms. The number of carbonyl (C=O) groups excluding carboxylic acids is 3. The van der Waals surface area contributed by atoms with Crippen molar-refractivity contribution in [1.82, 2.24) is 4.90 Å². The number of rotatable bonds is 5. The molecule has 3 rings (SSSR count). The van der Waals surface area contributed by atoms with Crippen LogP contribution in [0.2, 0.25) is 5.02 Å². The first-order valence-electron chi connectivity index (χ1n) is 7.58. The van der Waals surface area contributed by atoms with Crippen molar-refractivity contribution < 1.29 is 24.2 Å². The number of imide groups is 1. The molecule has 2 aromatic rings. The monoisotopic (exact) mass is 404 g/mol. The third kappa shape index (κ3) is 3.25. The second-order valence-corrected chi connectivity index (χ2v) is 6.03. The van der Waals surface area contributed by atoms with Gasteiger partial charge in [0.2, 0.25) is 5.91 Å². The van der Waals surface area contributed by atoms with Crippen molar-refractivity contribution in [2.45, 2.75) is 0 Å². The summed E-state index contributed by atoms with van der Waals surface area (Å²) in [5, 5.41) is 24.2. The predicted octanol–water partition coefficient (Wildman–Crippen LogP) is 2.39. The van der Waals surface area contributed by atoms with Crippen LogP contribution in [0.1, 0.15) is 20.7 Å². The molecule has 0 spiro atoms. The summed E-state index contributed by atoms with van der Waals surface area (Å²) in [5.41, 5.74) is -1.51. The summed E-state index contributed by atoms with van der Waals surface area (Å²) < 4.78 is 0. The molecule has 142 valence electrons. The number of nitrogens with one attached hydrogen (secondary N) is 1. The largest absolute Gasteiger partial charge is 0.323 e. The fraction of sp³-hybridized carbons (Fsp3) is 0.0625. The Hall–Kier alpha value is -3.86. The summed E-state index contributed by atoms with van der Waals surface area (Å²) in [7, 11) is 0. The van der Waals surface area contributed by atoms with Crippen molar-refractivity contribution in [2.75, 3.05) is 11.9 Å². The maximum Gasteiger partial charge on any atom is 0.282 e. The Kier molecular flexibility index (Phi) is 4.76. The molecule has 11 nitrogen and oxygen atoms in total. The Bertz CT molecular complexity index is 1070. The van der Waals surface area contributed by atoms with Gasteiger partial charge in [-0.05, 0) is 12.1 Å². The van der Waals surface area contributed by atoms with E-state index in [1.54, 1.807) is 0 Å². The molecular weight excluding hydrogens is 396 g/mol. The lowest BCUT2D eigenvalue weighted by Crippen LogP contribution is -2.37. The highest BCUT2D eigenvalue weighted by Crippen LogP contribution is 2.31. The van der Waals surface area contributed by atoms with Crippen LogP contribution in [0.25, 0.3) is 0 Å². The second kappa shape index (κ2) is 7.04. The molecule has 1 aliphatic rings. The van der Waals surface area contributed by atoms with Crippen LogP contribution in [-0.4, -0.2) is 39.0 Å². The van der Waals surface area contributed by atoms with Gasteiger partial charge in [-0.15, -0.1) is 0 Å². The SMILES string of the molecule is O=C(CN1C(=O)c2cccc([N+](=O)[O-])c2C1=O)Nc1cc([N+](=O)[O-])ccc1Cl. The van der Waals surface area contributed by atoms with E-state index in [-0.39, 0.29) is 22.0 Å². The van der Waals surface area contributed by atoms with Crippen LogP contribution < -0.4 is 5.32 Å². The smallest absolute Gasteiger partial charge is 0.282 e. The number of nitro benzene ring substituents is 2. The molecule has 0 saturated heterocycles. The number of nitrogens with zero attached hydrogens (tertiary/aromatic N) is 3. The van der Waals surface area contributed by atoms with Gasteiger partial charge in [-0.2, -0.15) is 0 Å². The number of nitro groups is 2. The molecular formula is C16H9ClN4O7. The number of amides is 3. The van der Waals surface area contributed by atoms with Crippen molar-refractivity contribution in [3.8, 4) is 0 Å². The van der Waals surface area contributed by atoms with E-state index in [9.17, 15) is 34.6 Å². The molecule has 2 aromatic carbocycles. The van der Waals surface area contributed by atoms with Gasteiger partial charge in [0.25, 0.3) is 23.2 Å². The Morgan fingerprint density at radius 1 is 1.07 bits per heavy atom. The van der Waals surface area contributed by atoms with Crippen LogP contribution in [0.5, 0.6) is 0 Å². The van der Waals surface area contributed by atoms with Crippen molar-refractivity contribution in [3.05, 3.63) is 72.8 Å². The van der Waals surface area contributed by atoms with Gasteiger partial charge in [0, 0.05) is 18.2 Å². The van der Waals surface area contributed by atoms with Gasteiger partial charge in [0.05, 0.1) is 26.1 Å². The Morgan fingerprint density at radius 3 is 2.43 bits per heavy atom. The minimum absolute atomic E-state index is 0.0111. The van der Waals surface area contributed by atoms with E-state index in [1.807, 2.05) is 0 Å². The average molecular weight is 405 g/mol. The third-order valence-corrected chi connectivity index (χ3v) is 4.24. The van der Waals surface area contributed by atoms with Crippen molar-refractivity contribution in [3.63, 3.8) is 0 Å². The molecule has 0 saturated carbocycles. The third-order valence-electron chi connectivity index (χ3n) is 3.91. The topological polar surface area (TPSA) is 153 Å².